The van der Waals surface area contributed by atoms with Crippen LogP contribution in [0.5, 0.6) is 11.5 Å². The molecule has 0 bridgehead atoms. The van der Waals surface area contributed by atoms with E-state index < -0.39 is 25.7 Å². The van der Waals surface area contributed by atoms with Gasteiger partial charge in [-0.1, -0.05) is 35.0 Å². The van der Waals surface area contributed by atoms with Crippen LogP contribution in [0.4, 0.5) is 0 Å². The maximum atomic E-state index is 13.1. The highest BCUT2D eigenvalue weighted by Gasteiger charge is 2.27. The molecular weight excluding hydrogens is 539 g/mol. The Kier molecular flexibility index (Phi) is 11.2. The van der Waals surface area contributed by atoms with Crippen LogP contribution in [-0.4, -0.2) is 70.0 Å². The molecule has 2 aliphatic rings. The SMILES string of the molecule is O=C1OCC/C=C/CC/C=C/C(=N\OCC(=O)N2CCCCC2)Cc2c(Cl)c(O)cc(OCP(=O)(O)O)c21. The van der Waals surface area contributed by atoms with Crippen molar-refractivity contribution in [1.82, 2.24) is 4.90 Å². The summed E-state index contributed by atoms with van der Waals surface area (Å²) >= 11 is 6.38. The number of nitrogens with zero attached hydrogens (tertiary/aromatic N) is 2. The lowest BCUT2D eigenvalue weighted by atomic mass is 9.99. The van der Waals surface area contributed by atoms with Crippen molar-refractivity contribution in [3.8, 4) is 11.5 Å². The Bertz CT molecular complexity index is 1140. The Labute approximate surface area is 225 Å². The van der Waals surface area contributed by atoms with Crippen LogP contribution in [0.15, 0.2) is 35.5 Å². The molecule has 38 heavy (non-hydrogen) atoms. The molecular formula is C25H32ClN2O9P. The number of fused-ring (bicyclic) bond motifs is 1. The van der Waals surface area contributed by atoms with Crippen LogP contribution in [0.2, 0.25) is 5.02 Å². The molecule has 3 N–H and O–H groups in total. The van der Waals surface area contributed by atoms with Gasteiger partial charge in [-0.05, 0) is 50.2 Å². The van der Waals surface area contributed by atoms with Gasteiger partial charge < -0.3 is 34.1 Å². The maximum absolute atomic E-state index is 13.1. The molecule has 0 radical (unpaired) electrons. The number of phenolic OH excluding ortho intramolecular Hbond substituents is 1. The van der Waals surface area contributed by atoms with Gasteiger partial charge in [-0.2, -0.15) is 0 Å². The second kappa shape index (κ2) is 14.3. The number of cyclic esters (lactones) is 1. The van der Waals surface area contributed by atoms with Gasteiger partial charge in [0.1, 0.15) is 17.1 Å². The van der Waals surface area contributed by atoms with Gasteiger partial charge in [-0.3, -0.25) is 9.36 Å². The monoisotopic (exact) mass is 570 g/mol. The largest absolute Gasteiger partial charge is 0.506 e. The molecule has 1 aromatic rings. The summed E-state index contributed by atoms with van der Waals surface area (Å²) in [5.41, 5.74) is 0.159. The number of piperidine rings is 1. The summed E-state index contributed by atoms with van der Waals surface area (Å²) in [7, 11) is -4.61. The molecule has 0 atom stereocenters. The van der Waals surface area contributed by atoms with Crippen LogP contribution in [0.25, 0.3) is 0 Å². The van der Waals surface area contributed by atoms with Gasteiger partial charge >= 0.3 is 13.6 Å². The lowest BCUT2D eigenvalue weighted by Crippen LogP contribution is -2.37. The second-order valence-corrected chi connectivity index (χ2v) is 10.8. The predicted octanol–water partition coefficient (Wildman–Crippen LogP) is 3.94. The van der Waals surface area contributed by atoms with Crippen LogP contribution in [0.3, 0.4) is 0 Å². The third-order valence-electron chi connectivity index (χ3n) is 5.83. The Morgan fingerprint density at radius 2 is 1.84 bits per heavy atom. The lowest BCUT2D eigenvalue weighted by Gasteiger charge is -2.26. The van der Waals surface area contributed by atoms with Crippen molar-refractivity contribution in [1.29, 1.82) is 0 Å². The number of oxime groups is 1. The Morgan fingerprint density at radius 3 is 2.58 bits per heavy atom. The Morgan fingerprint density at radius 1 is 1.13 bits per heavy atom. The van der Waals surface area contributed by atoms with Crippen LogP contribution in [-0.2, 0) is 25.4 Å². The van der Waals surface area contributed by atoms with Crippen molar-refractivity contribution in [3.05, 3.63) is 46.5 Å². The van der Waals surface area contributed by atoms with Gasteiger partial charge in [0.05, 0.1) is 17.3 Å². The van der Waals surface area contributed by atoms with Crippen molar-refractivity contribution < 1.29 is 43.4 Å². The van der Waals surface area contributed by atoms with E-state index >= 15 is 0 Å². The average Bonchev–Trinajstić information content (AvgIpc) is 2.88. The fourth-order valence-corrected chi connectivity index (χ4v) is 4.50. The molecule has 1 saturated heterocycles. The van der Waals surface area contributed by atoms with Gasteiger partial charge in [-0.25, -0.2) is 4.79 Å². The average molecular weight is 571 g/mol. The number of carbonyl (C=O) groups is 2. The molecule has 0 saturated carbocycles. The minimum atomic E-state index is -4.61. The fraction of sp³-hybridized carbons (Fsp3) is 0.480. The van der Waals surface area contributed by atoms with E-state index in [1.807, 2.05) is 18.2 Å². The first kappa shape index (κ1) is 29.7. The molecule has 0 aromatic heterocycles. The number of rotatable bonds is 6. The number of phenols is 1. The zero-order chi connectivity index (χ0) is 27.5. The van der Waals surface area contributed by atoms with E-state index in [0.717, 1.165) is 31.7 Å². The predicted molar refractivity (Wildman–Crippen MR) is 141 cm³/mol. The van der Waals surface area contributed by atoms with Crippen LogP contribution < -0.4 is 4.74 Å². The molecule has 13 heteroatoms. The number of allylic oxidation sites excluding steroid dienone is 3. The number of carbonyl (C=O) groups excluding carboxylic acids is 2. The number of ether oxygens (including phenoxy) is 2. The zero-order valence-corrected chi connectivity index (χ0v) is 22.5. The van der Waals surface area contributed by atoms with Crippen molar-refractivity contribution in [2.45, 2.75) is 44.9 Å². The minimum Gasteiger partial charge on any atom is -0.506 e. The summed E-state index contributed by atoms with van der Waals surface area (Å²) < 4.78 is 22.0. The summed E-state index contributed by atoms with van der Waals surface area (Å²) in [5.74, 6) is -1.80. The maximum Gasteiger partial charge on any atom is 0.362 e. The number of halogens is 1. The molecule has 1 amide bonds. The van der Waals surface area contributed by atoms with E-state index in [-0.39, 0.29) is 47.4 Å². The molecule has 2 aliphatic heterocycles. The quantitative estimate of drug-likeness (QED) is 0.199. The van der Waals surface area contributed by atoms with E-state index in [0.29, 0.717) is 31.6 Å². The standard InChI is InChI=1S/C25H32ClN2O9P/c26-24-19-14-18(27-37-16-22(30)28-11-7-5-8-12-28)10-6-3-1-2-4-9-13-35-25(31)23(19)21(15-20(24)29)36-17-38(32,33)34/h2,4,6,10,15,29H,1,3,5,7-9,11-14,16-17H2,(H2,32,33,34)/b4-2+,10-6+,27-18+. The first-order valence-electron chi connectivity index (χ1n) is 12.3. The van der Waals surface area contributed by atoms with E-state index in [4.69, 9.17) is 25.9 Å². The fourth-order valence-electron chi connectivity index (χ4n) is 3.98. The summed E-state index contributed by atoms with van der Waals surface area (Å²) in [5, 5.41) is 14.3. The topological polar surface area (TPSA) is 155 Å². The Hall–Kier alpha value is -2.85. The van der Waals surface area contributed by atoms with Crippen molar-refractivity contribution >= 4 is 36.8 Å². The zero-order valence-electron chi connectivity index (χ0n) is 20.9. The van der Waals surface area contributed by atoms with E-state index in [2.05, 4.69) is 5.16 Å². The molecule has 1 fully saturated rings. The number of esters is 1. The molecule has 208 valence electrons. The number of benzene rings is 1. The third kappa shape index (κ3) is 9.16. The van der Waals surface area contributed by atoms with Crippen LogP contribution in [0, 0.1) is 0 Å². The van der Waals surface area contributed by atoms with Gasteiger partial charge in [0.15, 0.2) is 13.0 Å². The Balaban J connectivity index is 1.95. The van der Waals surface area contributed by atoms with Crippen LogP contribution in [0.1, 0.15) is 54.4 Å². The summed E-state index contributed by atoms with van der Waals surface area (Å²) in [6, 6.07) is 1.00. The van der Waals surface area contributed by atoms with Gasteiger partial charge in [0.25, 0.3) is 5.91 Å². The van der Waals surface area contributed by atoms with Crippen molar-refractivity contribution in [2.75, 3.05) is 32.7 Å². The summed E-state index contributed by atoms with van der Waals surface area (Å²) in [4.78, 5) is 51.1. The van der Waals surface area contributed by atoms with Gasteiger partial charge in [0, 0.05) is 25.6 Å². The molecule has 0 aliphatic carbocycles. The first-order valence-corrected chi connectivity index (χ1v) is 14.5. The van der Waals surface area contributed by atoms with Crippen LogP contribution >= 0.6 is 19.2 Å². The van der Waals surface area contributed by atoms with Gasteiger partial charge in [-0.15, -0.1) is 0 Å². The number of hydrogen-bond donors (Lipinski definition) is 3. The normalized spacial score (nSPS) is 20.1. The van der Waals surface area contributed by atoms with E-state index in [9.17, 15) is 29.0 Å². The third-order valence-corrected chi connectivity index (χ3v) is 6.72. The molecule has 2 heterocycles. The highest BCUT2D eigenvalue weighted by atomic mass is 35.5. The molecule has 11 nitrogen and oxygen atoms in total. The highest BCUT2D eigenvalue weighted by Crippen LogP contribution is 2.41. The lowest BCUT2D eigenvalue weighted by molar-refractivity contribution is -0.137. The smallest absolute Gasteiger partial charge is 0.362 e. The summed E-state index contributed by atoms with van der Waals surface area (Å²) in [6.07, 6.45) is 11.0. The first-order chi connectivity index (χ1) is 18.2. The number of amides is 1. The minimum absolute atomic E-state index is 0.0453. The highest BCUT2D eigenvalue weighted by molar-refractivity contribution is 7.51. The number of aromatic hydroxyl groups is 1. The molecule has 3 rings (SSSR count). The van der Waals surface area contributed by atoms with Gasteiger partial charge in [0.2, 0.25) is 0 Å². The molecule has 1 aromatic carbocycles. The number of likely N-dealkylation sites (tertiary alicyclic amines) is 1. The van der Waals surface area contributed by atoms with E-state index in [1.165, 1.54) is 0 Å². The number of hydrogen-bond acceptors (Lipinski definition) is 8. The second-order valence-electron chi connectivity index (χ2n) is 8.85. The van der Waals surface area contributed by atoms with Crippen molar-refractivity contribution in [3.63, 3.8) is 0 Å². The molecule has 0 spiro atoms. The molecule has 0 unspecified atom stereocenters. The van der Waals surface area contributed by atoms with Crippen molar-refractivity contribution in [2.24, 2.45) is 5.16 Å². The summed E-state index contributed by atoms with van der Waals surface area (Å²) in [6.45, 7) is 1.13. The van der Waals surface area contributed by atoms with E-state index in [1.54, 1.807) is 11.0 Å².